The van der Waals surface area contributed by atoms with Gasteiger partial charge in [0.1, 0.15) is 0 Å². The number of hydrogen-bond donors (Lipinski definition) is 1. The lowest BCUT2D eigenvalue weighted by molar-refractivity contribution is 1.14. The van der Waals surface area contributed by atoms with Crippen molar-refractivity contribution in [2.24, 2.45) is 0 Å². The normalized spacial score (nSPS) is 9.00. The van der Waals surface area contributed by atoms with Gasteiger partial charge < -0.3 is 5.73 Å². The summed E-state index contributed by atoms with van der Waals surface area (Å²) in [6.07, 6.45) is 2.89. The number of para-hydroxylation sites is 1. The summed E-state index contributed by atoms with van der Waals surface area (Å²) < 4.78 is 0. The van der Waals surface area contributed by atoms with Gasteiger partial charge in [-0.05, 0) is 23.6 Å². The van der Waals surface area contributed by atoms with Crippen LogP contribution in [0.4, 0.5) is 5.69 Å². The number of nitrogen functional groups attached to an aromatic ring is 1. The summed E-state index contributed by atoms with van der Waals surface area (Å²) in [7, 11) is 0. The molecule has 2 aromatic rings. The van der Waals surface area contributed by atoms with Gasteiger partial charge in [0.25, 0.3) is 0 Å². The highest BCUT2D eigenvalue weighted by molar-refractivity contribution is 5.62. The van der Waals surface area contributed by atoms with Crippen molar-refractivity contribution in [3.8, 4) is 0 Å². The third-order valence-electron chi connectivity index (χ3n) is 2.47. The van der Waals surface area contributed by atoms with Crippen molar-refractivity contribution in [1.82, 2.24) is 0 Å². The molecule has 0 heterocycles. The van der Waals surface area contributed by atoms with E-state index >= 15 is 0 Å². The Morgan fingerprint density at radius 1 is 1.00 bits per heavy atom. The molecule has 2 rings (SSSR count). The van der Waals surface area contributed by atoms with E-state index in [2.05, 4.69) is 37.8 Å². The fourth-order valence-electron chi connectivity index (χ4n) is 1.41. The van der Waals surface area contributed by atoms with Crippen LogP contribution in [0.25, 0.3) is 6.08 Å². The molecular formula is C16H19N. The highest BCUT2D eigenvalue weighted by atomic mass is 14.5. The minimum atomic E-state index is 0.785. The molecule has 2 N–H and O–H groups in total. The summed E-state index contributed by atoms with van der Waals surface area (Å²) in [6.45, 7) is 5.77. The summed E-state index contributed by atoms with van der Waals surface area (Å²) in [4.78, 5) is 0. The molecule has 0 radical (unpaired) electrons. The van der Waals surface area contributed by atoms with E-state index in [1.54, 1.807) is 6.08 Å². The number of aryl methyl sites for hydroxylation is 1. The molecule has 1 heteroatoms. The SMILES string of the molecule is C=Cc1ccccc1N.CCc1ccccc1. The molecule has 0 aliphatic heterocycles. The summed E-state index contributed by atoms with van der Waals surface area (Å²) in [5.41, 5.74) is 8.75. The fraction of sp³-hybridized carbons (Fsp3) is 0.125. The van der Waals surface area contributed by atoms with Crippen LogP contribution in [0.3, 0.4) is 0 Å². The van der Waals surface area contributed by atoms with E-state index in [1.165, 1.54) is 5.56 Å². The second-order valence-corrected chi connectivity index (χ2v) is 3.67. The average molecular weight is 225 g/mol. The summed E-state index contributed by atoms with van der Waals surface area (Å²) >= 11 is 0. The van der Waals surface area contributed by atoms with Crippen LogP contribution in [0, 0.1) is 0 Å². The predicted molar refractivity (Wildman–Crippen MR) is 76.8 cm³/mol. The van der Waals surface area contributed by atoms with E-state index < -0.39 is 0 Å². The van der Waals surface area contributed by atoms with Crippen molar-refractivity contribution in [2.75, 3.05) is 5.73 Å². The van der Waals surface area contributed by atoms with Crippen LogP contribution >= 0.6 is 0 Å². The molecule has 0 spiro atoms. The maximum atomic E-state index is 5.56. The average Bonchev–Trinajstić information content (AvgIpc) is 2.41. The van der Waals surface area contributed by atoms with Crippen molar-refractivity contribution >= 4 is 11.8 Å². The Morgan fingerprint density at radius 2 is 1.59 bits per heavy atom. The van der Waals surface area contributed by atoms with Gasteiger partial charge in [0.15, 0.2) is 0 Å². The standard InChI is InChI=1S/C8H9N.C8H10/c1-2-7-5-3-4-6-8(7)9;1-2-8-6-4-3-5-7-8/h2-6H,1,9H2;3-7H,2H2,1H3. The predicted octanol–water partition coefficient (Wildman–Crippen LogP) is 4.16. The van der Waals surface area contributed by atoms with Crippen LogP contribution in [0.1, 0.15) is 18.1 Å². The minimum Gasteiger partial charge on any atom is -0.398 e. The van der Waals surface area contributed by atoms with Crippen LogP contribution in [-0.2, 0) is 6.42 Å². The summed E-state index contributed by atoms with van der Waals surface area (Å²) in [5.74, 6) is 0. The lowest BCUT2D eigenvalue weighted by Gasteiger charge is -1.95. The molecule has 0 saturated heterocycles. The van der Waals surface area contributed by atoms with Crippen molar-refractivity contribution in [3.05, 3.63) is 72.3 Å². The monoisotopic (exact) mass is 225 g/mol. The van der Waals surface area contributed by atoms with Crippen LogP contribution in [0.2, 0.25) is 0 Å². The molecule has 0 saturated carbocycles. The molecule has 0 aromatic heterocycles. The lowest BCUT2D eigenvalue weighted by Crippen LogP contribution is -1.86. The first-order valence-corrected chi connectivity index (χ1v) is 5.78. The quantitative estimate of drug-likeness (QED) is 0.763. The summed E-state index contributed by atoms with van der Waals surface area (Å²) in [6, 6.07) is 18.1. The number of nitrogens with two attached hydrogens (primary N) is 1. The smallest absolute Gasteiger partial charge is 0.0387 e. The fourth-order valence-corrected chi connectivity index (χ4v) is 1.41. The number of benzene rings is 2. The molecule has 0 bridgehead atoms. The van der Waals surface area contributed by atoms with Gasteiger partial charge in [-0.2, -0.15) is 0 Å². The van der Waals surface area contributed by atoms with E-state index in [9.17, 15) is 0 Å². The van der Waals surface area contributed by atoms with Gasteiger partial charge >= 0.3 is 0 Å². The molecule has 88 valence electrons. The topological polar surface area (TPSA) is 26.0 Å². The van der Waals surface area contributed by atoms with Gasteiger partial charge in [-0.1, -0.05) is 68.1 Å². The van der Waals surface area contributed by atoms with Gasteiger partial charge in [0.05, 0.1) is 0 Å². The maximum Gasteiger partial charge on any atom is 0.0387 e. The van der Waals surface area contributed by atoms with Crippen LogP contribution in [-0.4, -0.2) is 0 Å². The van der Waals surface area contributed by atoms with Crippen molar-refractivity contribution in [2.45, 2.75) is 13.3 Å². The third-order valence-corrected chi connectivity index (χ3v) is 2.47. The van der Waals surface area contributed by atoms with Gasteiger partial charge in [-0.3, -0.25) is 0 Å². The number of hydrogen-bond acceptors (Lipinski definition) is 1. The molecule has 0 fully saturated rings. The van der Waals surface area contributed by atoms with Crippen LogP contribution < -0.4 is 5.73 Å². The number of rotatable bonds is 2. The molecule has 0 atom stereocenters. The highest BCUT2D eigenvalue weighted by Gasteiger charge is 1.87. The van der Waals surface area contributed by atoms with E-state index in [0.717, 1.165) is 17.7 Å². The highest BCUT2D eigenvalue weighted by Crippen LogP contribution is 2.10. The van der Waals surface area contributed by atoms with Gasteiger partial charge in [0.2, 0.25) is 0 Å². The van der Waals surface area contributed by atoms with E-state index in [0.29, 0.717) is 0 Å². The molecule has 0 aliphatic carbocycles. The third kappa shape index (κ3) is 4.56. The van der Waals surface area contributed by atoms with Gasteiger partial charge in [-0.25, -0.2) is 0 Å². The second kappa shape index (κ2) is 7.29. The summed E-state index contributed by atoms with van der Waals surface area (Å²) in [5, 5.41) is 0. The van der Waals surface area contributed by atoms with Crippen molar-refractivity contribution in [3.63, 3.8) is 0 Å². The zero-order valence-corrected chi connectivity index (χ0v) is 10.3. The molecular weight excluding hydrogens is 206 g/mol. The Morgan fingerprint density at radius 3 is 2.00 bits per heavy atom. The first-order valence-electron chi connectivity index (χ1n) is 5.78. The van der Waals surface area contributed by atoms with Gasteiger partial charge in [-0.15, -0.1) is 0 Å². The molecule has 17 heavy (non-hydrogen) atoms. The molecule has 1 nitrogen and oxygen atoms in total. The molecule has 0 aliphatic rings. The number of anilines is 1. The zero-order chi connectivity index (χ0) is 12.5. The van der Waals surface area contributed by atoms with E-state index in [1.807, 2.05) is 30.3 Å². The Hall–Kier alpha value is -2.02. The Bertz CT molecular complexity index is 446. The Labute approximate surface area is 104 Å². The lowest BCUT2D eigenvalue weighted by atomic mass is 10.2. The van der Waals surface area contributed by atoms with Gasteiger partial charge in [0, 0.05) is 5.69 Å². The first kappa shape index (κ1) is 13.0. The maximum absolute atomic E-state index is 5.56. The van der Waals surface area contributed by atoms with E-state index in [4.69, 9.17) is 5.73 Å². The Kier molecular flexibility index (Phi) is 5.59. The molecule has 2 aromatic carbocycles. The first-order chi connectivity index (χ1) is 8.27. The van der Waals surface area contributed by atoms with Crippen molar-refractivity contribution in [1.29, 1.82) is 0 Å². The second-order valence-electron chi connectivity index (χ2n) is 3.67. The van der Waals surface area contributed by atoms with Crippen LogP contribution in [0.5, 0.6) is 0 Å². The molecule has 0 unspecified atom stereocenters. The zero-order valence-electron chi connectivity index (χ0n) is 10.3. The van der Waals surface area contributed by atoms with Crippen molar-refractivity contribution < 1.29 is 0 Å². The van der Waals surface area contributed by atoms with Crippen LogP contribution in [0.15, 0.2) is 61.2 Å². The molecule has 0 amide bonds. The largest absolute Gasteiger partial charge is 0.398 e. The van der Waals surface area contributed by atoms with E-state index in [-0.39, 0.29) is 0 Å². The Balaban J connectivity index is 0.000000171. The minimum absolute atomic E-state index is 0.785.